The van der Waals surface area contributed by atoms with Crippen LogP contribution in [0.25, 0.3) is 0 Å². The maximum absolute atomic E-state index is 13.8. The van der Waals surface area contributed by atoms with E-state index in [4.69, 9.17) is 25.7 Å². The Kier molecular flexibility index (Phi) is 39.8. The molecule has 0 aromatic heterocycles. The number of sulfonamides is 1. The van der Waals surface area contributed by atoms with E-state index in [0.717, 1.165) is 122 Å². The molecule has 7 N–H and O–H groups in total. The number of ether oxygens (including phenoxy) is 3. The molecule has 9 aromatic rings. The second-order valence-electron chi connectivity index (χ2n) is 39.8. The molecule has 4 fully saturated rings. The van der Waals surface area contributed by atoms with Gasteiger partial charge < -0.3 is 51.0 Å². The van der Waals surface area contributed by atoms with Gasteiger partial charge in [-0.05, 0) is 183 Å². The number of benzene rings is 9. The summed E-state index contributed by atoms with van der Waals surface area (Å²) in [6, 6.07) is 47.5. The van der Waals surface area contributed by atoms with Gasteiger partial charge in [0.15, 0.2) is 35.3 Å². The van der Waals surface area contributed by atoms with Crippen LogP contribution in [0.1, 0.15) is 213 Å². The Morgan fingerprint density at radius 1 is 0.450 bits per heavy atom. The lowest BCUT2D eigenvalue weighted by atomic mass is 9.83. The second-order valence-corrected chi connectivity index (χ2v) is 47.4. The van der Waals surface area contributed by atoms with Gasteiger partial charge in [0.05, 0.1) is 114 Å². The van der Waals surface area contributed by atoms with E-state index in [9.17, 15) is 82.4 Å². The number of hydrogen-bond donors (Lipinski definition) is 5. The summed E-state index contributed by atoms with van der Waals surface area (Å²) in [7, 11) is -14.9. The van der Waals surface area contributed by atoms with Crippen LogP contribution in [0, 0.1) is 53.8 Å². The van der Waals surface area contributed by atoms with E-state index in [1.807, 2.05) is 80.3 Å². The predicted molar refractivity (Wildman–Crippen MR) is 549 cm³/mol. The fourth-order valence-electron chi connectivity index (χ4n) is 16.6. The Hall–Kier alpha value is -11.5. The number of carbonyl (C=O) groups excluding carboxylic acids is 2. The lowest BCUT2D eigenvalue weighted by molar-refractivity contribution is -0.385. The average Bonchev–Trinajstić information content (AvgIpc) is 0.803. The third-order valence-electron chi connectivity index (χ3n) is 25.0. The zero-order valence-electron chi connectivity index (χ0n) is 82.7. The van der Waals surface area contributed by atoms with Crippen molar-refractivity contribution in [2.24, 2.45) is 11.8 Å². The van der Waals surface area contributed by atoms with Crippen molar-refractivity contribution in [2.45, 2.75) is 239 Å². The molecule has 1 aliphatic carbocycles. The van der Waals surface area contributed by atoms with Gasteiger partial charge in [-0.2, -0.15) is 0 Å². The molecule has 2 atom stereocenters. The van der Waals surface area contributed by atoms with E-state index in [2.05, 4.69) is 101 Å². The topological polar surface area (TPSA) is 426 Å². The molecule has 1 saturated carbocycles. The molecule has 9 aromatic carbocycles. The van der Waals surface area contributed by atoms with E-state index in [1.54, 1.807) is 72.8 Å². The maximum atomic E-state index is 13.8. The summed E-state index contributed by atoms with van der Waals surface area (Å²) in [4.78, 5) is 64.4. The smallest absolute Gasteiger partial charge is 0.319 e. The predicted octanol–water partition coefficient (Wildman–Crippen LogP) is 21.0. The Labute approximate surface area is 823 Å². The number of nitrogen functional groups attached to an aromatic ring is 2. The molecule has 0 bridgehead atoms. The third-order valence-corrected chi connectivity index (χ3v) is 31.4. The lowest BCUT2D eigenvalue weighted by Gasteiger charge is -2.31. The van der Waals surface area contributed by atoms with Gasteiger partial charge in [-0.1, -0.05) is 203 Å². The van der Waals surface area contributed by atoms with Crippen molar-refractivity contribution in [2.75, 3.05) is 115 Å². The monoisotopic (exact) mass is 2010 g/mol. The average molecular weight is 2010 g/mol. The molecule has 140 heavy (non-hydrogen) atoms. The van der Waals surface area contributed by atoms with Crippen LogP contribution in [0.2, 0.25) is 0 Å². The molecular formula is C104H137F2N11O19S4. The number of nitrogens with zero attached hydrogens (tertiary/aromatic N) is 6. The number of unbranched alkanes of at least 4 members (excludes halogenated alkanes) is 1. The summed E-state index contributed by atoms with van der Waals surface area (Å²) < 4.78 is 150. The van der Waals surface area contributed by atoms with Gasteiger partial charge in [-0.15, -0.1) is 0 Å². The minimum atomic E-state index is -3.93. The summed E-state index contributed by atoms with van der Waals surface area (Å²) in [6.45, 7) is 36.6. The van der Waals surface area contributed by atoms with E-state index < -0.39 is 83.8 Å². The van der Waals surface area contributed by atoms with Crippen LogP contribution in [0.15, 0.2) is 208 Å². The number of non-ortho nitro benzene ring substituents is 3. The number of nitro groups is 3. The highest BCUT2D eigenvalue weighted by Crippen LogP contribution is 2.38. The molecule has 760 valence electrons. The van der Waals surface area contributed by atoms with Crippen molar-refractivity contribution in [1.29, 1.82) is 0 Å². The fraction of sp³-hybridized carbons (Fsp3) is 0.462. The number of carbonyl (C=O) groups is 2. The first-order valence-electron chi connectivity index (χ1n) is 47.4. The molecule has 13 rings (SSSR count). The van der Waals surface area contributed by atoms with E-state index >= 15 is 0 Å². The van der Waals surface area contributed by atoms with Crippen LogP contribution < -0.4 is 41.5 Å². The Balaban J connectivity index is 0.000000208. The summed E-state index contributed by atoms with van der Waals surface area (Å²) in [5.41, 5.74) is 18.7. The summed E-state index contributed by atoms with van der Waals surface area (Å²) in [5.74, 6) is -1.37. The number of urea groups is 1. The first-order valence-corrected chi connectivity index (χ1v) is 53.8. The van der Waals surface area contributed by atoms with Crippen molar-refractivity contribution in [3.63, 3.8) is 0 Å². The van der Waals surface area contributed by atoms with Crippen LogP contribution in [0.3, 0.4) is 0 Å². The van der Waals surface area contributed by atoms with Crippen molar-refractivity contribution < 1.29 is 81.0 Å². The van der Waals surface area contributed by atoms with Crippen molar-refractivity contribution >= 4 is 108 Å². The highest BCUT2D eigenvalue weighted by atomic mass is 32.2. The largest absolute Gasteiger partial charge is 0.399 e. The van der Waals surface area contributed by atoms with Gasteiger partial charge in [0.1, 0.15) is 11.6 Å². The quantitative estimate of drug-likeness (QED) is 0.0159. The van der Waals surface area contributed by atoms with Crippen LogP contribution in [0.5, 0.6) is 0 Å². The van der Waals surface area contributed by atoms with E-state index in [0.29, 0.717) is 129 Å². The number of halogens is 2. The van der Waals surface area contributed by atoms with Gasteiger partial charge in [-0.25, -0.2) is 47.2 Å². The molecule has 0 spiro atoms. The standard InChI is InChI=1S/C39H60N4O5S.C21H26N2O5S.C21H28N2O3S.C17H18FNO4S.C6H5FN2O2/c1-6-8-12-29(7-2)15-22-37(44)35(27-30-13-10-9-11-14-30)41-38(45)40-32-18-21-36(43-23-25-48-26-24-43)34(28-32)42-49(46,47)33-19-16-31(17-20-33)39(3,4)5;1-21(2,3)17-4-7-19(8-5-17)29(26,27)15-16-14-18(23(24)25)6-9-20(16)22-10-12-28-13-11-22;1-21(2,3)17-4-7-19(8-5-17)27(24,25)15-16-14-18(22)6-9-20(16)23-10-12-26-13-11-23;1-17(2,3)13-4-7-15(8-5-13)24(22,23)11-12-10-14(19(20)21)6-9-16(12)18;7-5-2-1-4(9(10)11)3-6(5)8/h16-21,28-30,35,42H,6-15,22-27H2,1-5H3,(H2,40,41,45);4-9,14H,10-13,15H2,1-3H3;4-9,14H,10-13,15,22H2,1-3H3;4-10H,11H2,1-3H3;1-3H,8H2/t29?,35-;;;;/m1..../s1. The molecule has 3 saturated heterocycles. The number of Topliss-reactive ketones (excluding diaryl/α,β-unsaturated/α-hetero) is 1. The number of hydrogen-bond acceptors (Lipinski definition) is 24. The Morgan fingerprint density at radius 2 is 0.821 bits per heavy atom. The minimum absolute atomic E-state index is 0.0142. The number of rotatable bonds is 30. The second kappa shape index (κ2) is 49.7. The molecule has 3 heterocycles. The number of morpholine rings is 3. The van der Waals surface area contributed by atoms with Crippen molar-refractivity contribution in [1.82, 2.24) is 5.32 Å². The molecule has 30 nitrogen and oxygen atoms in total. The molecule has 0 radical (unpaired) electrons. The summed E-state index contributed by atoms with van der Waals surface area (Å²) in [6.07, 6.45) is 12.2. The van der Waals surface area contributed by atoms with E-state index in [1.165, 1.54) is 49.9 Å². The van der Waals surface area contributed by atoms with Crippen molar-refractivity contribution in [3.8, 4) is 0 Å². The van der Waals surface area contributed by atoms with Crippen LogP contribution in [-0.4, -0.2) is 145 Å². The van der Waals surface area contributed by atoms with Crippen LogP contribution in [0.4, 0.5) is 70.4 Å². The molecule has 4 aliphatic rings. The van der Waals surface area contributed by atoms with Crippen LogP contribution in [-0.2, 0) is 97.5 Å². The van der Waals surface area contributed by atoms with E-state index in [-0.39, 0.29) is 81.9 Å². The van der Waals surface area contributed by atoms with Gasteiger partial charge >= 0.3 is 6.03 Å². The minimum Gasteiger partial charge on any atom is -0.399 e. The number of nitrogens with two attached hydrogens (primary N) is 2. The zero-order valence-corrected chi connectivity index (χ0v) is 86.0. The first-order chi connectivity index (χ1) is 65.7. The number of anilines is 7. The Bertz CT molecular complexity index is 6190. The highest BCUT2D eigenvalue weighted by Gasteiger charge is 2.32. The lowest BCUT2D eigenvalue weighted by Crippen LogP contribution is -2.44. The fourth-order valence-corrected chi connectivity index (χ4v) is 21.7. The molecule has 3 aliphatic heterocycles. The van der Waals surface area contributed by atoms with Crippen molar-refractivity contribution in [3.05, 3.63) is 269 Å². The summed E-state index contributed by atoms with van der Waals surface area (Å²) in [5, 5.41) is 38.0. The number of nitrogens with one attached hydrogen (secondary N) is 3. The molecule has 1 unspecified atom stereocenters. The number of ketones is 1. The highest BCUT2D eigenvalue weighted by molar-refractivity contribution is 7.93. The maximum Gasteiger partial charge on any atom is 0.319 e. The van der Waals surface area contributed by atoms with Gasteiger partial charge in [0.2, 0.25) is 0 Å². The zero-order chi connectivity index (χ0) is 103. The number of nitro benzene ring substituents is 3. The molecule has 36 heteroatoms. The molecular weight excluding hydrogens is 1870 g/mol. The normalized spacial score (nSPS) is 15.1. The Morgan fingerprint density at radius 3 is 1.23 bits per heavy atom. The number of amides is 2. The SMILES string of the molecule is CC(C)(C)c1ccc(S(=O)(=O)Cc2cc(N)ccc2N2CCOCC2)cc1.CC(C)(C)c1ccc(S(=O)(=O)Cc2cc([N+](=O)[O-])ccc2F)cc1.CC(C)(C)c1ccc(S(=O)(=O)Cc2cc([N+](=O)[O-])ccc2N2CCOCC2)cc1.CCCCC(CC)CCC(=O)[C@@H](CC1CCCCC1)NC(=O)Nc1ccc(N2CCOCC2)c(NS(=O)(=O)c2ccc(C(C)(C)C)cc2)c1.Nc1cc([N+](=O)[O-])ccc1F. The summed E-state index contributed by atoms with van der Waals surface area (Å²) >= 11 is 0. The van der Waals surface area contributed by atoms with Gasteiger partial charge in [-0.3, -0.25) is 39.9 Å². The van der Waals surface area contributed by atoms with Gasteiger partial charge in [0, 0.05) is 110 Å². The third kappa shape index (κ3) is 33.3. The molecule has 2 amide bonds. The van der Waals surface area contributed by atoms with Gasteiger partial charge in [0.25, 0.3) is 27.1 Å². The van der Waals surface area contributed by atoms with Crippen LogP contribution >= 0.6 is 0 Å². The first kappa shape index (κ1) is 112. The number of sulfone groups is 3.